The van der Waals surface area contributed by atoms with E-state index in [9.17, 15) is 19.5 Å². The molecule has 0 aromatic heterocycles. The molecule has 0 radical (unpaired) electrons. The van der Waals surface area contributed by atoms with Crippen LogP contribution in [-0.4, -0.2) is 52.7 Å². The Morgan fingerprint density at radius 2 is 1.53 bits per heavy atom. The fourth-order valence-electron chi connectivity index (χ4n) is 12.2. The predicted molar refractivity (Wildman–Crippen MR) is 165 cm³/mol. The first-order valence-corrected chi connectivity index (χ1v) is 18.3. The average Bonchev–Trinajstić information content (AvgIpc) is 2.93. The van der Waals surface area contributed by atoms with Crippen LogP contribution in [0.25, 0.3) is 0 Å². The van der Waals surface area contributed by atoms with Crippen molar-refractivity contribution in [1.29, 1.82) is 0 Å². The first-order chi connectivity index (χ1) is 21.2. The van der Waals surface area contributed by atoms with Crippen molar-refractivity contribution in [1.82, 2.24) is 0 Å². The summed E-state index contributed by atoms with van der Waals surface area (Å²) in [5.74, 6) is 0.268. The largest absolute Gasteiger partial charge is 0.459 e. The van der Waals surface area contributed by atoms with E-state index in [0.717, 1.165) is 83.5 Å². The number of rotatable bonds is 10. The van der Waals surface area contributed by atoms with Gasteiger partial charge in [0, 0.05) is 18.3 Å². The third-order valence-corrected chi connectivity index (χ3v) is 13.7. The molecule has 0 aromatic carbocycles. The molecule has 252 valence electrons. The molecular formula is C37H56O8. The van der Waals surface area contributed by atoms with Crippen LogP contribution in [0, 0.1) is 46.3 Å². The Kier molecular flexibility index (Phi) is 7.94. The lowest BCUT2D eigenvalue weighted by atomic mass is 9.41. The standard InChI is InChI=1S/C37H56O8/c1-5-28(10-23(2)30(38)45-37-19-26-12-27(20-37)18-36(41,17-26)22-37)31(39)44-33(3,4)35-15-24-11-25(16-35)14-34(13-24,21-35)32(40)43-29-8-6-7-9-42-29/h23-29,41H,5-22H2,1-4H3. The first-order valence-electron chi connectivity index (χ1n) is 18.3. The lowest BCUT2D eigenvalue weighted by Gasteiger charge is -2.64. The summed E-state index contributed by atoms with van der Waals surface area (Å²) in [5, 5.41) is 11.1. The zero-order chi connectivity index (χ0) is 31.8. The van der Waals surface area contributed by atoms with E-state index in [4.69, 9.17) is 18.9 Å². The highest BCUT2D eigenvalue weighted by molar-refractivity contribution is 5.78. The minimum atomic E-state index is -0.749. The third-order valence-electron chi connectivity index (χ3n) is 13.7. The van der Waals surface area contributed by atoms with Gasteiger partial charge in [-0.3, -0.25) is 14.4 Å². The molecule has 9 aliphatic rings. The van der Waals surface area contributed by atoms with Gasteiger partial charge in [-0.25, -0.2) is 0 Å². The Morgan fingerprint density at radius 1 is 0.889 bits per heavy atom. The van der Waals surface area contributed by atoms with E-state index in [1.807, 2.05) is 27.7 Å². The van der Waals surface area contributed by atoms with Crippen LogP contribution in [0.5, 0.6) is 0 Å². The van der Waals surface area contributed by atoms with Gasteiger partial charge in [0.25, 0.3) is 0 Å². The van der Waals surface area contributed by atoms with Crippen molar-refractivity contribution in [3.63, 3.8) is 0 Å². The number of carbonyl (C=O) groups excluding carboxylic acids is 3. The van der Waals surface area contributed by atoms with E-state index in [-0.39, 0.29) is 23.3 Å². The first kappa shape index (κ1) is 31.9. The number of hydrogen-bond acceptors (Lipinski definition) is 8. The molecule has 8 bridgehead atoms. The molecule has 0 spiro atoms. The fraction of sp³-hybridized carbons (Fsp3) is 0.919. The van der Waals surface area contributed by atoms with Gasteiger partial charge in [0.2, 0.25) is 6.29 Å². The maximum atomic E-state index is 13.9. The van der Waals surface area contributed by atoms with Gasteiger partial charge in [0.05, 0.1) is 29.5 Å². The predicted octanol–water partition coefficient (Wildman–Crippen LogP) is 6.64. The fourth-order valence-corrected chi connectivity index (χ4v) is 12.2. The normalized spacial score (nSPS) is 44.3. The molecule has 0 aromatic rings. The van der Waals surface area contributed by atoms with E-state index in [1.54, 1.807) is 0 Å². The van der Waals surface area contributed by atoms with Gasteiger partial charge in [0.1, 0.15) is 11.2 Å². The maximum Gasteiger partial charge on any atom is 0.314 e. The summed E-state index contributed by atoms with van der Waals surface area (Å²) in [6, 6.07) is 0. The van der Waals surface area contributed by atoms with Crippen molar-refractivity contribution in [3.05, 3.63) is 0 Å². The molecule has 1 aliphatic heterocycles. The Balaban J connectivity index is 0.997. The topological polar surface area (TPSA) is 108 Å². The van der Waals surface area contributed by atoms with Crippen molar-refractivity contribution in [3.8, 4) is 0 Å². The molecule has 1 N–H and O–H groups in total. The van der Waals surface area contributed by atoms with Crippen LogP contribution in [0.15, 0.2) is 0 Å². The average molecular weight is 629 g/mol. The molecule has 8 nitrogen and oxygen atoms in total. The monoisotopic (exact) mass is 628 g/mol. The summed E-state index contributed by atoms with van der Waals surface area (Å²) < 4.78 is 24.5. The second-order valence-electron chi connectivity index (χ2n) is 17.7. The summed E-state index contributed by atoms with van der Waals surface area (Å²) in [4.78, 5) is 41.1. The van der Waals surface area contributed by atoms with E-state index < -0.39 is 40.3 Å². The molecule has 1 saturated heterocycles. The van der Waals surface area contributed by atoms with Crippen LogP contribution >= 0.6 is 0 Å². The van der Waals surface area contributed by atoms with Gasteiger partial charge in [-0.15, -0.1) is 0 Å². The van der Waals surface area contributed by atoms with Gasteiger partial charge in [0.15, 0.2) is 0 Å². The highest BCUT2D eigenvalue weighted by atomic mass is 16.7. The molecule has 9 fully saturated rings. The lowest BCUT2D eigenvalue weighted by molar-refractivity contribution is -0.235. The molecule has 7 unspecified atom stereocenters. The van der Waals surface area contributed by atoms with Crippen molar-refractivity contribution < 1.29 is 38.4 Å². The molecule has 8 aliphatic carbocycles. The summed E-state index contributed by atoms with van der Waals surface area (Å²) in [6.45, 7) is 8.58. The summed E-state index contributed by atoms with van der Waals surface area (Å²) in [7, 11) is 0. The van der Waals surface area contributed by atoms with E-state index in [1.165, 1.54) is 0 Å². The smallest absolute Gasteiger partial charge is 0.314 e. The Hall–Kier alpha value is -1.67. The summed E-state index contributed by atoms with van der Waals surface area (Å²) in [5.41, 5.74) is -2.79. The van der Waals surface area contributed by atoms with Crippen molar-refractivity contribution in [2.24, 2.45) is 46.3 Å². The third kappa shape index (κ3) is 5.76. The Bertz CT molecular complexity index is 1160. The number of aliphatic hydroxyl groups is 1. The van der Waals surface area contributed by atoms with Crippen molar-refractivity contribution in [2.75, 3.05) is 6.61 Å². The number of esters is 3. The quantitative estimate of drug-likeness (QED) is 0.212. The highest BCUT2D eigenvalue weighted by Crippen LogP contribution is 2.69. The minimum absolute atomic E-state index is 0.111. The summed E-state index contributed by atoms with van der Waals surface area (Å²) in [6.07, 6.45) is 13.8. The molecule has 8 heteroatoms. The van der Waals surface area contributed by atoms with Crippen molar-refractivity contribution in [2.45, 2.75) is 160 Å². The zero-order valence-corrected chi connectivity index (χ0v) is 28.1. The van der Waals surface area contributed by atoms with Gasteiger partial charge < -0.3 is 24.1 Å². The molecule has 8 saturated carbocycles. The zero-order valence-electron chi connectivity index (χ0n) is 28.1. The number of carbonyl (C=O) groups is 3. The molecule has 45 heavy (non-hydrogen) atoms. The molecule has 7 atom stereocenters. The van der Waals surface area contributed by atoms with Crippen LogP contribution in [-0.2, 0) is 33.3 Å². The highest BCUT2D eigenvalue weighted by Gasteiger charge is 2.66. The van der Waals surface area contributed by atoms with Gasteiger partial charge in [-0.1, -0.05) is 13.8 Å². The van der Waals surface area contributed by atoms with E-state index in [0.29, 0.717) is 56.0 Å². The molecular weight excluding hydrogens is 572 g/mol. The van der Waals surface area contributed by atoms with Crippen LogP contribution < -0.4 is 0 Å². The second-order valence-corrected chi connectivity index (χ2v) is 17.7. The summed E-state index contributed by atoms with van der Waals surface area (Å²) >= 11 is 0. The lowest BCUT2D eigenvalue weighted by Crippen LogP contribution is -2.63. The van der Waals surface area contributed by atoms with Crippen LogP contribution in [0.3, 0.4) is 0 Å². The van der Waals surface area contributed by atoms with Gasteiger partial charge in [-0.2, -0.15) is 0 Å². The molecule has 1 heterocycles. The van der Waals surface area contributed by atoms with E-state index in [2.05, 4.69) is 0 Å². The van der Waals surface area contributed by atoms with Crippen LogP contribution in [0.4, 0.5) is 0 Å². The Labute approximate surface area is 269 Å². The van der Waals surface area contributed by atoms with E-state index >= 15 is 0 Å². The molecule has 9 rings (SSSR count). The molecule has 0 amide bonds. The van der Waals surface area contributed by atoms with Gasteiger partial charge in [-0.05, 0) is 134 Å². The Morgan fingerprint density at radius 3 is 2.11 bits per heavy atom. The maximum absolute atomic E-state index is 13.9. The van der Waals surface area contributed by atoms with Gasteiger partial charge >= 0.3 is 17.9 Å². The van der Waals surface area contributed by atoms with Crippen LogP contribution in [0.1, 0.15) is 137 Å². The van der Waals surface area contributed by atoms with Crippen LogP contribution in [0.2, 0.25) is 0 Å². The number of ether oxygens (including phenoxy) is 4. The minimum Gasteiger partial charge on any atom is -0.459 e. The second kappa shape index (κ2) is 11.2. The van der Waals surface area contributed by atoms with Crippen molar-refractivity contribution >= 4 is 17.9 Å². The SMILES string of the molecule is CCC(CC(C)C(=O)OC12CC3CC(CC(O)(C3)C1)C2)C(=O)OC(C)(C)C12CC3CC(CC(C(=O)OC4CCCCO4)(C3)C1)C2. The number of hydrogen-bond donors (Lipinski definition) is 1.